The Balaban J connectivity index is 3.20. The predicted octanol–water partition coefficient (Wildman–Crippen LogP) is 0.349. The number of H-pyrrole nitrogens is 1. The highest BCUT2D eigenvalue weighted by Crippen LogP contribution is 2.03. The maximum atomic E-state index is 10.9. The van der Waals surface area contributed by atoms with Crippen molar-refractivity contribution >= 4 is 5.82 Å². The predicted molar refractivity (Wildman–Crippen MR) is 43.0 cm³/mol. The molecule has 0 saturated heterocycles. The molecule has 0 aliphatic heterocycles. The van der Waals surface area contributed by atoms with E-state index in [1.54, 1.807) is 6.07 Å². The lowest BCUT2D eigenvalue weighted by atomic mass is 10.3. The molecule has 0 unspecified atom stereocenters. The number of nitrogens with zero attached hydrogens (tertiary/aromatic N) is 2. The Labute approximate surface area is 72.6 Å². The molecule has 0 fully saturated rings. The van der Waals surface area contributed by atoms with Crippen molar-refractivity contribution in [2.24, 2.45) is 0 Å². The van der Waals surface area contributed by atoms with E-state index in [0.717, 1.165) is 12.1 Å². The summed E-state index contributed by atoms with van der Waals surface area (Å²) in [7, 11) is 0. The third-order valence-corrected chi connectivity index (χ3v) is 1.35. The number of pyridine rings is 1. The van der Waals surface area contributed by atoms with Crippen LogP contribution in [0.2, 0.25) is 0 Å². The number of aromatic amines is 1. The van der Waals surface area contributed by atoms with E-state index in [9.17, 15) is 14.9 Å². The van der Waals surface area contributed by atoms with Gasteiger partial charge >= 0.3 is 5.82 Å². The summed E-state index contributed by atoms with van der Waals surface area (Å²) in [5, 5.41) is 18.6. The largest absolute Gasteiger partial charge is 0.358 e. The molecule has 13 heavy (non-hydrogen) atoms. The summed E-state index contributed by atoms with van der Waals surface area (Å²) in [6, 6.07) is 3.82. The molecule has 1 heterocycles. The van der Waals surface area contributed by atoms with Crippen LogP contribution < -0.4 is 5.43 Å². The minimum Gasteiger partial charge on any atom is -0.358 e. The highest BCUT2D eigenvalue weighted by molar-refractivity contribution is 5.23. The van der Waals surface area contributed by atoms with Crippen LogP contribution in [0, 0.1) is 21.4 Å². The molecule has 1 N–H and O–H groups in total. The quantitative estimate of drug-likeness (QED) is 0.522. The fourth-order valence-corrected chi connectivity index (χ4v) is 0.864. The number of nitriles is 1. The second kappa shape index (κ2) is 3.49. The van der Waals surface area contributed by atoms with Crippen LogP contribution in [0.25, 0.3) is 0 Å². The number of nitrogens with one attached hydrogen (secondary N) is 1. The van der Waals surface area contributed by atoms with E-state index in [2.05, 4.69) is 4.98 Å². The molecule has 1 aromatic rings. The van der Waals surface area contributed by atoms with Crippen molar-refractivity contribution in [2.75, 3.05) is 0 Å². The molecule has 0 spiro atoms. The first kappa shape index (κ1) is 8.93. The van der Waals surface area contributed by atoms with Gasteiger partial charge in [0.25, 0.3) is 0 Å². The summed E-state index contributed by atoms with van der Waals surface area (Å²) in [5.41, 5.74) is -0.225. The van der Waals surface area contributed by atoms with Crippen LogP contribution in [-0.2, 0) is 6.42 Å². The van der Waals surface area contributed by atoms with Gasteiger partial charge in [-0.15, -0.1) is 0 Å². The summed E-state index contributed by atoms with van der Waals surface area (Å²) in [5.74, 6) is -0.391. The van der Waals surface area contributed by atoms with Crippen LogP contribution >= 0.6 is 0 Å². The van der Waals surface area contributed by atoms with Gasteiger partial charge in [-0.2, -0.15) is 5.26 Å². The van der Waals surface area contributed by atoms with E-state index >= 15 is 0 Å². The lowest BCUT2D eigenvalue weighted by Crippen LogP contribution is -2.05. The zero-order valence-corrected chi connectivity index (χ0v) is 6.48. The molecule has 1 rings (SSSR count). The van der Waals surface area contributed by atoms with E-state index < -0.39 is 16.2 Å². The third kappa shape index (κ3) is 2.13. The molecule has 0 aliphatic rings. The lowest BCUT2D eigenvalue weighted by Gasteiger charge is -1.94. The number of nitro groups is 1. The molecule has 0 aromatic carbocycles. The van der Waals surface area contributed by atoms with Crippen molar-refractivity contribution in [1.82, 2.24) is 4.98 Å². The first-order valence-corrected chi connectivity index (χ1v) is 3.38. The van der Waals surface area contributed by atoms with E-state index in [1.807, 2.05) is 0 Å². The van der Waals surface area contributed by atoms with Gasteiger partial charge in [-0.1, -0.05) is 0 Å². The molecule has 0 amide bonds. The number of rotatable bonds is 2. The summed E-state index contributed by atoms with van der Waals surface area (Å²) in [4.78, 5) is 22.8. The molecule has 1 aromatic heterocycles. The van der Waals surface area contributed by atoms with E-state index in [-0.39, 0.29) is 12.1 Å². The van der Waals surface area contributed by atoms with Crippen molar-refractivity contribution in [3.8, 4) is 6.07 Å². The van der Waals surface area contributed by atoms with Crippen LogP contribution in [-0.4, -0.2) is 9.91 Å². The Hall–Kier alpha value is -2.16. The van der Waals surface area contributed by atoms with Gasteiger partial charge in [0, 0.05) is 6.07 Å². The standard InChI is InChI=1S/C7H5N3O3/c8-2-1-5-3-6(11)4-7(9-5)10(12)13/h3-4H,1H2,(H,9,11). The Bertz CT molecular complexity index is 429. The molecule has 0 radical (unpaired) electrons. The van der Waals surface area contributed by atoms with Crippen LogP contribution in [0.1, 0.15) is 5.69 Å². The summed E-state index contributed by atoms with van der Waals surface area (Å²) >= 11 is 0. The monoisotopic (exact) mass is 179 g/mol. The average molecular weight is 179 g/mol. The molecule has 0 atom stereocenters. The highest BCUT2D eigenvalue weighted by Gasteiger charge is 2.07. The van der Waals surface area contributed by atoms with Crippen molar-refractivity contribution in [3.05, 3.63) is 38.2 Å². The Morgan fingerprint density at radius 2 is 2.31 bits per heavy atom. The van der Waals surface area contributed by atoms with Gasteiger partial charge in [0.05, 0.1) is 18.6 Å². The van der Waals surface area contributed by atoms with Crippen molar-refractivity contribution in [3.63, 3.8) is 0 Å². The minimum atomic E-state index is -0.706. The van der Waals surface area contributed by atoms with Crippen molar-refractivity contribution in [2.45, 2.75) is 6.42 Å². The number of aromatic nitrogens is 1. The van der Waals surface area contributed by atoms with Gasteiger partial charge in [-0.05, 0) is 4.92 Å². The lowest BCUT2D eigenvalue weighted by molar-refractivity contribution is -0.389. The van der Waals surface area contributed by atoms with Gasteiger partial charge in [0.15, 0.2) is 5.43 Å². The summed E-state index contributed by atoms with van der Waals surface area (Å²) in [6.07, 6.45) is -0.0447. The van der Waals surface area contributed by atoms with E-state index in [0.29, 0.717) is 0 Å². The molecule has 6 heteroatoms. The normalized spacial score (nSPS) is 9.15. The van der Waals surface area contributed by atoms with Crippen LogP contribution in [0.4, 0.5) is 5.82 Å². The topological polar surface area (TPSA) is 99.8 Å². The van der Waals surface area contributed by atoms with Crippen LogP contribution in [0.3, 0.4) is 0 Å². The molecular formula is C7H5N3O3. The Morgan fingerprint density at radius 1 is 1.62 bits per heavy atom. The average Bonchev–Trinajstić information content (AvgIpc) is 2.03. The van der Waals surface area contributed by atoms with E-state index in [4.69, 9.17) is 5.26 Å². The summed E-state index contributed by atoms with van der Waals surface area (Å²) < 4.78 is 0. The Kier molecular flexibility index (Phi) is 2.40. The van der Waals surface area contributed by atoms with Gasteiger partial charge in [0.1, 0.15) is 5.69 Å². The maximum Gasteiger partial charge on any atom is 0.324 e. The number of hydrogen-bond donors (Lipinski definition) is 1. The molecule has 0 aliphatic carbocycles. The van der Waals surface area contributed by atoms with Gasteiger partial charge in [0.2, 0.25) is 0 Å². The molecule has 0 bridgehead atoms. The fraction of sp³-hybridized carbons (Fsp3) is 0.143. The Morgan fingerprint density at radius 3 is 2.85 bits per heavy atom. The van der Waals surface area contributed by atoms with Crippen molar-refractivity contribution < 1.29 is 4.92 Å². The van der Waals surface area contributed by atoms with Gasteiger partial charge < -0.3 is 10.1 Å². The SMILES string of the molecule is N#CCc1cc(=O)cc([N+](=O)[O-])[nH]1. The fourth-order valence-electron chi connectivity index (χ4n) is 0.864. The van der Waals surface area contributed by atoms with Crippen LogP contribution in [0.15, 0.2) is 16.9 Å². The van der Waals surface area contributed by atoms with Crippen molar-refractivity contribution in [1.29, 1.82) is 5.26 Å². The molecular weight excluding hydrogens is 174 g/mol. The molecule has 0 saturated carbocycles. The molecule has 6 nitrogen and oxygen atoms in total. The van der Waals surface area contributed by atoms with E-state index in [1.165, 1.54) is 0 Å². The molecule has 66 valence electrons. The van der Waals surface area contributed by atoms with Crippen LogP contribution in [0.5, 0.6) is 0 Å². The first-order valence-electron chi connectivity index (χ1n) is 3.38. The smallest absolute Gasteiger partial charge is 0.324 e. The highest BCUT2D eigenvalue weighted by atomic mass is 16.6. The van der Waals surface area contributed by atoms with Gasteiger partial charge in [-0.3, -0.25) is 4.79 Å². The second-order valence-electron chi connectivity index (χ2n) is 2.32. The summed E-state index contributed by atoms with van der Waals surface area (Å²) in [6.45, 7) is 0. The van der Waals surface area contributed by atoms with Gasteiger partial charge in [-0.25, -0.2) is 4.98 Å². The zero-order chi connectivity index (χ0) is 9.84. The maximum absolute atomic E-state index is 10.9. The second-order valence-corrected chi connectivity index (χ2v) is 2.32. The minimum absolute atomic E-state index is 0.0447. The zero-order valence-electron chi connectivity index (χ0n) is 6.48. The number of hydrogen-bond acceptors (Lipinski definition) is 4. The first-order chi connectivity index (χ1) is 6.13. The third-order valence-electron chi connectivity index (χ3n) is 1.35.